The second-order valence-corrected chi connectivity index (χ2v) is 7.05. The Labute approximate surface area is 144 Å². The minimum Gasteiger partial charge on any atom is -0.460 e. The van der Waals surface area contributed by atoms with Gasteiger partial charge in [0.05, 0.1) is 6.04 Å². The Morgan fingerprint density at radius 2 is 2.33 bits per heavy atom. The topological polar surface area (TPSA) is 62.1 Å². The molecule has 3 aromatic rings. The van der Waals surface area contributed by atoms with Gasteiger partial charge in [-0.15, -0.1) is 11.3 Å². The lowest BCUT2D eigenvalue weighted by molar-refractivity contribution is 0.0651. The molecule has 0 spiro atoms. The van der Waals surface area contributed by atoms with Crippen LogP contribution in [0.2, 0.25) is 0 Å². The normalized spacial score (nSPS) is 17.1. The molecule has 1 N–H and O–H groups in total. The molecule has 1 aliphatic heterocycles. The van der Waals surface area contributed by atoms with Crippen LogP contribution < -0.4 is 0 Å². The zero-order chi connectivity index (χ0) is 16.7. The van der Waals surface area contributed by atoms with E-state index in [4.69, 9.17) is 4.42 Å². The molecule has 4 rings (SSSR count). The molecule has 0 bridgehead atoms. The Hall–Kier alpha value is -2.34. The maximum atomic E-state index is 13.0. The van der Waals surface area contributed by atoms with Gasteiger partial charge >= 0.3 is 0 Å². The van der Waals surface area contributed by atoms with Crippen molar-refractivity contribution < 1.29 is 9.21 Å². The van der Waals surface area contributed by atoms with Crippen LogP contribution in [0.15, 0.2) is 34.1 Å². The fourth-order valence-corrected chi connectivity index (χ4v) is 4.29. The van der Waals surface area contributed by atoms with Crippen LogP contribution >= 0.6 is 11.3 Å². The minimum absolute atomic E-state index is 0.0236. The third-order valence-corrected chi connectivity index (χ3v) is 5.54. The Morgan fingerprint density at radius 3 is 3.08 bits per heavy atom. The van der Waals surface area contributed by atoms with Crippen molar-refractivity contribution in [1.29, 1.82) is 0 Å². The number of nitrogens with zero attached hydrogens (tertiary/aromatic N) is 2. The average molecular weight is 341 g/mol. The van der Waals surface area contributed by atoms with Crippen LogP contribution in [-0.4, -0.2) is 27.5 Å². The van der Waals surface area contributed by atoms with E-state index in [1.165, 1.54) is 10.4 Å². The number of hydrogen-bond donors (Lipinski definition) is 1. The largest absolute Gasteiger partial charge is 0.460 e. The molecular formula is C18H19N3O2S. The van der Waals surface area contributed by atoms with E-state index in [1.54, 1.807) is 17.4 Å². The summed E-state index contributed by atoms with van der Waals surface area (Å²) in [6.07, 6.45) is 1.83. The van der Waals surface area contributed by atoms with E-state index in [1.807, 2.05) is 24.0 Å². The van der Waals surface area contributed by atoms with Gasteiger partial charge in [-0.3, -0.25) is 9.89 Å². The highest BCUT2D eigenvalue weighted by Gasteiger charge is 2.32. The molecule has 1 amide bonds. The number of nitrogens with one attached hydrogen (secondary N) is 1. The van der Waals surface area contributed by atoms with Crippen molar-refractivity contribution in [2.24, 2.45) is 0 Å². The number of aromatic nitrogens is 2. The SMILES string of the molecule is CCC1c2ccsc2CCN1C(=O)c1cc(-c2ccc(C)o2)[nH]n1. The number of hydrogen-bond acceptors (Lipinski definition) is 4. The van der Waals surface area contributed by atoms with Gasteiger partial charge in [0, 0.05) is 17.5 Å². The van der Waals surface area contributed by atoms with E-state index in [-0.39, 0.29) is 11.9 Å². The molecular weight excluding hydrogens is 322 g/mol. The molecule has 6 heteroatoms. The van der Waals surface area contributed by atoms with Gasteiger partial charge < -0.3 is 9.32 Å². The molecule has 24 heavy (non-hydrogen) atoms. The molecule has 0 radical (unpaired) electrons. The van der Waals surface area contributed by atoms with Crippen molar-refractivity contribution in [2.45, 2.75) is 32.7 Å². The van der Waals surface area contributed by atoms with E-state index < -0.39 is 0 Å². The van der Waals surface area contributed by atoms with Gasteiger partial charge in [-0.2, -0.15) is 5.10 Å². The first-order valence-corrected chi connectivity index (χ1v) is 9.04. The number of fused-ring (bicyclic) bond motifs is 1. The number of amides is 1. The van der Waals surface area contributed by atoms with Crippen molar-refractivity contribution in [2.75, 3.05) is 6.54 Å². The van der Waals surface area contributed by atoms with Gasteiger partial charge in [0.15, 0.2) is 11.5 Å². The molecule has 0 saturated carbocycles. The number of rotatable bonds is 3. The number of carbonyl (C=O) groups is 1. The van der Waals surface area contributed by atoms with Crippen LogP contribution in [0.4, 0.5) is 0 Å². The summed E-state index contributed by atoms with van der Waals surface area (Å²) >= 11 is 1.79. The predicted molar refractivity (Wildman–Crippen MR) is 93.1 cm³/mol. The third-order valence-electron chi connectivity index (χ3n) is 4.55. The van der Waals surface area contributed by atoms with Crippen molar-refractivity contribution in [3.05, 3.63) is 51.5 Å². The predicted octanol–water partition coefficient (Wildman–Crippen LogP) is 4.19. The van der Waals surface area contributed by atoms with Gasteiger partial charge in [0.2, 0.25) is 0 Å². The van der Waals surface area contributed by atoms with Crippen molar-refractivity contribution in [3.63, 3.8) is 0 Å². The lowest BCUT2D eigenvalue weighted by Crippen LogP contribution is -2.39. The number of H-pyrrole nitrogens is 1. The van der Waals surface area contributed by atoms with Gasteiger partial charge in [-0.05, 0) is 48.9 Å². The summed E-state index contributed by atoms with van der Waals surface area (Å²) in [4.78, 5) is 16.3. The highest BCUT2D eigenvalue weighted by atomic mass is 32.1. The minimum atomic E-state index is -0.0236. The van der Waals surface area contributed by atoms with E-state index >= 15 is 0 Å². The highest BCUT2D eigenvalue weighted by molar-refractivity contribution is 7.10. The summed E-state index contributed by atoms with van der Waals surface area (Å²) in [7, 11) is 0. The van der Waals surface area contributed by atoms with E-state index in [0.29, 0.717) is 11.5 Å². The van der Waals surface area contributed by atoms with Crippen LogP contribution in [0.5, 0.6) is 0 Å². The maximum absolute atomic E-state index is 13.0. The van der Waals surface area contributed by atoms with Crippen LogP contribution in [0, 0.1) is 6.92 Å². The molecule has 0 saturated heterocycles. The highest BCUT2D eigenvalue weighted by Crippen LogP contribution is 2.36. The van der Waals surface area contributed by atoms with Crippen molar-refractivity contribution in [3.8, 4) is 11.5 Å². The lowest BCUT2D eigenvalue weighted by Gasteiger charge is -2.35. The average Bonchev–Trinajstić information content (AvgIpc) is 3.32. The third kappa shape index (κ3) is 2.47. The van der Waals surface area contributed by atoms with Crippen LogP contribution in [-0.2, 0) is 6.42 Å². The standard InChI is InChI=1S/C18H19N3O2S/c1-3-15-12-7-9-24-17(12)6-8-21(15)18(22)14-10-13(19-20-14)16-5-4-11(2)23-16/h4-5,7,9-10,15H,3,6,8H2,1-2H3,(H,19,20). The number of thiophene rings is 1. The monoisotopic (exact) mass is 341 g/mol. The molecule has 1 unspecified atom stereocenters. The summed E-state index contributed by atoms with van der Waals surface area (Å²) < 4.78 is 5.59. The first kappa shape index (κ1) is 15.2. The fourth-order valence-electron chi connectivity index (χ4n) is 3.36. The Morgan fingerprint density at radius 1 is 1.46 bits per heavy atom. The number of furan rings is 1. The second-order valence-electron chi connectivity index (χ2n) is 6.05. The molecule has 3 aromatic heterocycles. The van der Waals surface area contributed by atoms with E-state index in [0.717, 1.165) is 30.8 Å². The smallest absolute Gasteiger partial charge is 0.274 e. The quantitative estimate of drug-likeness (QED) is 0.777. The summed E-state index contributed by atoms with van der Waals surface area (Å²) in [5.74, 6) is 1.51. The van der Waals surface area contributed by atoms with Crippen molar-refractivity contribution in [1.82, 2.24) is 15.1 Å². The molecule has 1 aliphatic rings. The first-order chi connectivity index (χ1) is 11.7. The maximum Gasteiger partial charge on any atom is 0.274 e. The molecule has 4 heterocycles. The van der Waals surface area contributed by atoms with Crippen LogP contribution in [0.3, 0.4) is 0 Å². The lowest BCUT2D eigenvalue weighted by atomic mass is 9.97. The van der Waals surface area contributed by atoms with E-state index in [9.17, 15) is 4.79 Å². The molecule has 0 aliphatic carbocycles. The Kier molecular flexibility index (Phi) is 3.76. The van der Waals surface area contributed by atoms with E-state index in [2.05, 4.69) is 28.6 Å². The second kappa shape index (κ2) is 5.94. The summed E-state index contributed by atoms with van der Waals surface area (Å²) in [5.41, 5.74) is 2.46. The number of aromatic amines is 1. The molecule has 124 valence electrons. The molecule has 0 fully saturated rings. The van der Waals surface area contributed by atoms with Crippen LogP contribution in [0.25, 0.3) is 11.5 Å². The van der Waals surface area contributed by atoms with Crippen LogP contribution in [0.1, 0.15) is 46.1 Å². The summed E-state index contributed by atoms with van der Waals surface area (Å²) in [6, 6.07) is 7.84. The van der Waals surface area contributed by atoms with Gasteiger partial charge in [0.25, 0.3) is 5.91 Å². The Balaban J connectivity index is 1.61. The van der Waals surface area contributed by atoms with Gasteiger partial charge in [-0.1, -0.05) is 6.92 Å². The molecule has 0 aromatic carbocycles. The fraction of sp³-hybridized carbons (Fsp3) is 0.333. The van der Waals surface area contributed by atoms with Gasteiger partial charge in [0.1, 0.15) is 11.5 Å². The first-order valence-electron chi connectivity index (χ1n) is 8.17. The Bertz CT molecular complexity index is 876. The molecule has 1 atom stereocenters. The summed E-state index contributed by atoms with van der Waals surface area (Å²) in [5, 5.41) is 9.25. The zero-order valence-electron chi connectivity index (χ0n) is 13.7. The zero-order valence-corrected chi connectivity index (χ0v) is 14.5. The summed E-state index contributed by atoms with van der Waals surface area (Å²) in [6.45, 7) is 4.76. The van der Waals surface area contributed by atoms with Crippen molar-refractivity contribution >= 4 is 17.2 Å². The molecule has 5 nitrogen and oxygen atoms in total. The van der Waals surface area contributed by atoms with Gasteiger partial charge in [-0.25, -0.2) is 0 Å². The number of aryl methyl sites for hydroxylation is 1. The number of carbonyl (C=O) groups excluding carboxylic acids is 1.